The monoisotopic (exact) mass is 339 g/mol. The van der Waals surface area contributed by atoms with Crippen molar-refractivity contribution in [1.82, 2.24) is 0 Å². The molecule has 1 N–H and O–H groups in total. The first-order valence-electron chi connectivity index (χ1n) is 7.44. The second-order valence-corrected chi connectivity index (χ2v) is 7.98. The third-order valence-corrected chi connectivity index (χ3v) is 7.16. The molecule has 0 aliphatic heterocycles. The van der Waals surface area contributed by atoms with Crippen LogP contribution in [0.15, 0.2) is 18.2 Å². The zero-order valence-electron chi connectivity index (χ0n) is 12.9. The Balaban J connectivity index is 1.96. The lowest BCUT2D eigenvalue weighted by Gasteiger charge is -2.38. The van der Waals surface area contributed by atoms with E-state index in [9.17, 15) is 9.59 Å². The molecule has 1 aromatic rings. The molecule has 0 spiro atoms. The number of amides is 1. The maximum absolute atomic E-state index is 13.0. The Bertz CT molecular complexity index is 685. The molecule has 3 rings (SSSR count). The van der Waals surface area contributed by atoms with E-state index < -0.39 is 10.8 Å². The van der Waals surface area contributed by atoms with Crippen LogP contribution in [0.1, 0.15) is 40.0 Å². The van der Waals surface area contributed by atoms with Crippen molar-refractivity contribution in [2.75, 3.05) is 5.32 Å². The Hall–Kier alpha value is -1.06. The first-order valence-corrected chi connectivity index (χ1v) is 8.20. The van der Waals surface area contributed by atoms with Crippen molar-refractivity contribution in [1.29, 1.82) is 0 Å². The molecule has 0 heterocycles. The number of hydrogen-bond donors (Lipinski definition) is 1. The van der Waals surface area contributed by atoms with Crippen molar-refractivity contribution in [2.45, 2.75) is 40.0 Å². The molecule has 118 valence electrons. The van der Waals surface area contributed by atoms with Crippen LogP contribution in [0.2, 0.25) is 10.0 Å². The Morgan fingerprint density at radius 1 is 1.18 bits per heavy atom. The maximum Gasteiger partial charge on any atom is 0.231 e. The van der Waals surface area contributed by atoms with Gasteiger partial charge in [-0.25, -0.2) is 0 Å². The van der Waals surface area contributed by atoms with Crippen LogP contribution in [0, 0.1) is 16.2 Å². The number of hydrogen-bond acceptors (Lipinski definition) is 2. The third-order valence-electron chi connectivity index (χ3n) is 6.34. The quantitative estimate of drug-likeness (QED) is 0.847. The predicted octanol–water partition coefficient (Wildman–Crippen LogP) is 4.72. The Kier molecular flexibility index (Phi) is 3.39. The van der Waals surface area contributed by atoms with E-state index in [1.807, 2.05) is 20.8 Å². The minimum Gasteiger partial charge on any atom is -0.324 e. The molecule has 1 amide bonds. The molecule has 22 heavy (non-hydrogen) atoms. The molecule has 2 bridgehead atoms. The lowest BCUT2D eigenvalue weighted by molar-refractivity contribution is -0.131. The summed E-state index contributed by atoms with van der Waals surface area (Å²) in [5, 5.41) is 3.63. The molecule has 0 unspecified atom stereocenters. The van der Waals surface area contributed by atoms with E-state index in [4.69, 9.17) is 23.2 Å². The van der Waals surface area contributed by atoms with Crippen molar-refractivity contribution in [3.05, 3.63) is 28.2 Å². The van der Waals surface area contributed by atoms with E-state index in [0.717, 1.165) is 12.8 Å². The summed E-state index contributed by atoms with van der Waals surface area (Å²) < 4.78 is 0. The van der Waals surface area contributed by atoms with Gasteiger partial charge in [0.25, 0.3) is 0 Å². The lowest BCUT2D eigenvalue weighted by atomic mass is 9.64. The van der Waals surface area contributed by atoms with Gasteiger partial charge in [0.1, 0.15) is 5.78 Å². The van der Waals surface area contributed by atoms with Gasteiger partial charge in [0.2, 0.25) is 5.91 Å². The van der Waals surface area contributed by atoms with Crippen LogP contribution in [0.25, 0.3) is 0 Å². The molecule has 0 aromatic heterocycles. The molecule has 2 saturated carbocycles. The van der Waals surface area contributed by atoms with Gasteiger partial charge in [-0.05, 0) is 30.4 Å². The number of rotatable bonds is 2. The molecule has 1 aromatic carbocycles. The number of benzene rings is 1. The molecule has 2 fully saturated rings. The number of anilines is 1. The predicted molar refractivity (Wildman–Crippen MR) is 88.3 cm³/mol. The SMILES string of the molecule is CC1(C)[C@@]2(C(=O)Nc3cccc(Cl)c3Cl)CC[C@@]1(C)C(=O)C2. The zero-order chi connectivity index (χ0) is 16.3. The summed E-state index contributed by atoms with van der Waals surface area (Å²) in [6.45, 7) is 6.05. The highest BCUT2D eigenvalue weighted by Crippen LogP contribution is 2.70. The summed E-state index contributed by atoms with van der Waals surface area (Å²) in [7, 11) is 0. The molecule has 2 atom stereocenters. The summed E-state index contributed by atoms with van der Waals surface area (Å²) in [6, 6.07) is 5.14. The Labute approximate surface area is 140 Å². The molecule has 0 radical (unpaired) electrons. The van der Waals surface area contributed by atoms with Crippen molar-refractivity contribution >= 4 is 40.6 Å². The van der Waals surface area contributed by atoms with E-state index in [0.29, 0.717) is 22.2 Å². The van der Waals surface area contributed by atoms with E-state index in [1.165, 1.54) is 0 Å². The van der Waals surface area contributed by atoms with E-state index in [2.05, 4.69) is 5.32 Å². The third kappa shape index (κ3) is 1.75. The molecular weight excluding hydrogens is 321 g/mol. The lowest BCUT2D eigenvalue weighted by Crippen LogP contribution is -2.43. The van der Waals surface area contributed by atoms with Crippen molar-refractivity contribution in [3.8, 4) is 0 Å². The molecule has 2 aliphatic carbocycles. The summed E-state index contributed by atoms with van der Waals surface area (Å²) in [5.74, 6) is 0.0623. The highest BCUT2D eigenvalue weighted by molar-refractivity contribution is 6.44. The minimum atomic E-state index is -0.662. The van der Waals surface area contributed by atoms with Gasteiger partial charge in [-0.3, -0.25) is 9.59 Å². The molecule has 5 heteroatoms. The largest absolute Gasteiger partial charge is 0.324 e. The smallest absolute Gasteiger partial charge is 0.231 e. The maximum atomic E-state index is 13.0. The van der Waals surface area contributed by atoms with Gasteiger partial charge in [-0.2, -0.15) is 0 Å². The van der Waals surface area contributed by atoms with Crippen LogP contribution < -0.4 is 5.32 Å². The van der Waals surface area contributed by atoms with Gasteiger partial charge < -0.3 is 5.32 Å². The highest BCUT2D eigenvalue weighted by Gasteiger charge is 2.72. The summed E-state index contributed by atoms with van der Waals surface area (Å²) in [4.78, 5) is 25.4. The fraction of sp³-hybridized carbons (Fsp3) is 0.529. The normalized spacial score (nSPS) is 32.3. The minimum absolute atomic E-state index is 0.128. The second-order valence-electron chi connectivity index (χ2n) is 7.19. The van der Waals surface area contributed by atoms with Crippen LogP contribution in [0.4, 0.5) is 5.69 Å². The zero-order valence-corrected chi connectivity index (χ0v) is 14.4. The van der Waals surface area contributed by atoms with Gasteiger partial charge in [0.15, 0.2) is 0 Å². The summed E-state index contributed by atoms with van der Waals surface area (Å²) >= 11 is 12.2. The van der Waals surface area contributed by atoms with E-state index >= 15 is 0 Å². The number of nitrogens with one attached hydrogen (secondary N) is 1. The van der Waals surface area contributed by atoms with Crippen molar-refractivity contribution in [3.63, 3.8) is 0 Å². The molecule has 3 nitrogen and oxygen atoms in total. The van der Waals surface area contributed by atoms with Crippen LogP contribution in [0.3, 0.4) is 0 Å². The van der Waals surface area contributed by atoms with Gasteiger partial charge in [-0.15, -0.1) is 0 Å². The number of carbonyl (C=O) groups excluding carboxylic acids is 2. The average Bonchev–Trinajstić information content (AvgIpc) is 2.74. The van der Waals surface area contributed by atoms with Crippen molar-refractivity contribution in [2.24, 2.45) is 16.2 Å². The van der Waals surface area contributed by atoms with Crippen LogP contribution in [-0.2, 0) is 9.59 Å². The molecule has 2 aliphatic rings. The second kappa shape index (κ2) is 4.72. The molecule has 0 saturated heterocycles. The fourth-order valence-corrected chi connectivity index (χ4v) is 4.55. The first kappa shape index (κ1) is 15.8. The highest BCUT2D eigenvalue weighted by atomic mass is 35.5. The van der Waals surface area contributed by atoms with Gasteiger partial charge in [0.05, 0.1) is 21.1 Å². The number of ketones is 1. The summed E-state index contributed by atoms with van der Waals surface area (Å²) in [5.41, 5.74) is -0.948. The first-order chi connectivity index (χ1) is 10.2. The van der Waals surface area contributed by atoms with E-state index in [1.54, 1.807) is 18.2 Å². The van der Waals surface area contributed by atoms with Gasteiger partial charge >= 0.3 is 0 Å². The Morgan fingerprint density at radius 2 is 1.86 bits per heavy atom. The average molecular weight is 340 g/mol. The Morgan fingerprint density at radius 3 is 2.41 bits per heavy atom. The number of carbonyl (C=O) groups is 2. The van der Waals surface area contributed by atoms with Gasteiger partial charge in [0, 0.05) is 11.8 Å². The van der Waals surface area contributed by atoms with Gasteiger partial charge in [-0.1, -0.05) is 50.0 Å². The summed E-state index contributed by atoms with van der Waals surface area (Å²) in [6.07, 6.45) is 1.79. The van der Waals surface area contributed by atoms with E-state index in [-0.39, 0.29) is 17.1 Å². The topological polar surface area (TPSA) is 46.2 Å². The van der Waals surface area contributed by atoms with Crippen molar-refractivity contribution < 1.29 is 9.59 Å². The number of halogens is 2. The fourth-order valence-electron chi connectivity index (χ4n) is 4.20. The van der Waals surface area contributed by atoms with Crippen LogP contribution >= 0.6 is 23.2 Å². The van der Waals surface area contributed by atoms with Crippen LogP contribution in [-0.4, -0.2) is 11.7 Å². The molecular formula is C17H19Cl2NO2. The number of fused-ring (bicyclic) bond motifs is 2. The standard InChI is InChI=1S/C17H19Cl2NO2/c1-15(2)16(3)7-8-17(15,9-12(16)21)14(22)20-11-6-4-5-10(18)13(11)19/h4-6H,7-9H2,1-3H3,(H,20,22)/t16-,17-/m0/s1. The van der Waals surface area contributed by atoms with Crippen LogP contribution in [0.5, 0.6) is 0 Å². The number of Topliss-reactive ketones (excluding diaryl/α,β-unsaturated/α-hetero) is 1.